The molecule has 5 nitrogen and oxygen atoms in total. The smallest absolute Gasteiger partial charge is 0.545 e. The number of hydrogen-bond donors (Lipinski definition) is 1. The molecule has 0 bridgehead atoms. The van der Waals surface area contributed by atoms with Gasteiger partial charge in [0.05, 0.1) is 5.97 Å². The molecular weight excluding hydrogens is 237 g/mol. The molecule has 16 heavy (non-hydrogen) atoms. The molecule has 0 spiro atoms. The maximum Gasteiger partial charge on any atom is 1.00 e. The number of nitrogens with one attached hydrogen (secondary N) is 1. The number of rotatable bonds is 2. The third kappa shape index (κ3) is 2.59. The van der Waals surface area contributed by atoms with Crippen molar-refractivity contribution in [1.29, 1.82) is 0 Å². The summed E-state index contributed by atoms with van der Waals surface area (Å²) in [5.74, 6) is -1.20. The molecule has 0 fully saturated rings. The number of benzene rings is 1. The van der Waals surface area contributed by atoms with Crippen molar-refractivity contribution in [1.82, 2.24) is 14.8 Å². The Bertz CT molecular complexity index is 546. The molecule has 0 unspecified atom stereocenters. The number of aromatic amines is 1. The molecule has 0 saturated carbocycles. The maximum atomic E-state index is 10.5. The second kappa shape index (κ2) is 5.40. The Hall–Kier alpha value is -0.950. The van der Waals surface area contributed by atoms with Gasteiger partial charge in [-0.05, 0) is 29.9 Å². The zero-order valence-corrected chi connectivity index (χ0v) is 11.3. The molecule has 0 amide bonds. The van der Waals surface area contributed by atoms with E-state index in [4.69, 9.17) is 12.2 Å². The first-order chi connectivity index (χ1) is 7.18. The first-order valence-electron chi connectivity index (χ1n) is 4.12. The quantitative estimate of drug-likeness (QED) is 0.460. The minimum absolute atomic E-state index is 0. The third-order valence-electron chi connectivity index (χ3n) is 1.93. The van der Waals surface area contributed by atoms with Gasteiger partial charge in [0.15, 0.2) is 4.77 Å². The second-order valence-electron chi connectivity index (χ2n) is 2.87. The molecule has 1 aromatic carbocycles. The van der Waals surface area contributed by atoms with Gasteiger partial charge in [-0.1, -0.05) is 12.1 Å². The van der Waals surface area contributed by atoms with Gasteiger partial charge in [-0.15, -0.1) is 0 Å². The Morgan fingerprint density at radius 2 is 2.00 bits per heavy atom. The SMILES string of the molecule is O=C([O-])c1ccc(-n2cn[nH]c2=S)cc1.[Na+]. The van der Waals surface area contributed by atoms with Crippen LogP contribution in [-0.4, -0.2) is 20.7 Å². The van der Waals surface area contributed by atoms with Crippen molar-refractivity contribution in [2.75, 3.05) is 0 Å². The van der Waals surface area contributed by atoms with Crippen molar-refractivity contribution in [2.45, 2.75) is 0 Å². The number of carbonyl (C=O) groups excluding carboxylic acids is 1. The third-order valence-corrected chi connectivity index (χ3v) is 2.22. The normalized spacial score (nSPS) is 9.50. The van der Waals surface area contributed by atoms with Crippen LogP contribution in [0.25, 0.3) is 5.69 Å². The van der Waals surface area contributed by atoms with Gasteiger partial charge in [-0.2, -0.15) is 5.10 Å². The largest absolute Gasteiger partial charge is 1.00 e. The molecule has 1 aromatic heterocycles. The summed E-state index contributed by atoms with van der Waals surface area (Å²) >= 11 is 4.97. The van der Waals surface area contributed by atoms with Crippen LogP contribution in [0.4, 0.5) is 0 Å². The van der Waals surface area contributed by atoms with Gasteiger partial charge in [0.2, 0.25) is 0 Å². The molecule has 0 aliphatic rings. The second-order valence-corrected chi connectivity index (χ2v) is 3.25. The van der Waals surface area contributed by atoms with Gasteiger partial charge in [0, 0.05) is 5.69 Å². The number of carboxylic acid groups (broad SMARTS) is 1. The summed E-state index contributed by atoms with van der Waals surface area (Å²) in [5, 5.41) is 16.9. The summed E-state index contributed by atoms with van der Waals surface area (Å²) in [4.78, 5) is 10.5. The van der Waals surface area contributed by atoms with Crippen molar-refractivity contribution in [2.24, 2.45) is 0 Å². The minimum atomic E-state index is -1.20. The number of carbonyl (C=O) groups is 1. The molecule has 2 aromatic rings. The minimum Gasteiger partial charge on any atom is -0.545 e. The summed E-state index contributed by atoms with van der Waals surface area (Å²) in [5.41, 5.74) is 0.882. The van der Waals surface area contributed by atoms with Gasteiger partial charge in [0.1, 0.15) is 6.33 Å². The Balaban J connectivity index is 0.00000128. The molecule has 2 rings (SSSR count). The molecular formula is C9H6N3NaO2S. The Kier molecular flexibility index (Phi) is 4.43. The van der Waals surface area contributed by atoms with E-state index in [9.17, 15) is 9.90 Å². The molecule has 0 atom stereocenters. The zero-order chi connectivity index (χ0) is 10.8. The summed E-state index contributed by atoms with van der Waals surface area (Å²) < 4.78 is 2.09. The van der Waals surface area contributed by atoms with Crippen LogP contribution >= 0.6 is 12.2 Å². The average Bonchev–Trinajstić information content (AvgIpc) is 2.65. The van der Waals surface area contributed by atoms with Crippen molar-refractivity contribution in [3.05, 3.63) is 40.9 Å². The Morgan fingerprint density at radius 3 is 2.44 bits per heavy atom. The Labute approximate surface area is 118 Å². The summed E-state index contributed by atoms with van der Waals surface area (Å²) in [6, 6.07) is 6.19. The maximum absolute atomic E-state index is 10.5. The molecule has 0 saturated heterocycles. The topological polar surface area (TPSA) is 73.7 Å². The van der Waals surface area contributed by atoms with E-state index in [0.29, 0.717) is 4.77 Å². The van der Waals surface area contributed by atoms with Crippen LogP contribution in [0.3, 0.4) is 0 Å². The predicted octanol–water partition coefficient (Wildman–Crippen LogP) is -2.70. The van der Waals surface area contributed by atoms with Gasteiger partial charge in [-0.3, -0.25) is 9.67 Å². The van der Waals surface area contributed by atoms with Gasteiger partial charge >= 0.3 is 29.6 Å². The van der Waals surface area contributed by atoms with Crippen LogP contribution in [-0.2, 0) is 0 Å². The number of aromatic nitrogens is 3. The first kappa shape index (κ1) is 13.1. The zero-order valence-electron chi connectivity index (χ0n) is 8.51. The molecule has 0 aliphatic heterocycles. The molecule has 76 valence electrons. The van der Waals surface area contributed by atoms with Crippen LogP contribution in [0.15, 0.2) is 30.6 Å². The number of nitrogens with zero attached hydrogens (tertiary/aromatic N) is 2. The van der Waals surface area contributed by atoms with E-state index in [-0.39, 0.29) is 35.1 Å². The van der Waals surface area contributed by atoms with E-state index in [0.717, 1.165) is 5.69 Å². The monoisotopic (exact) mass is 243 g/mol. The number of aromatic carboxylic acids is 1. The fourth-order valence-electron chi connectivity index (χ4n) is 1.19. The Morgan fingerprint density at radius 1 is 1.38 bits per heavy atom. The van der Waals surface area contributed by atoms with Crippen LogP contribution in [0.2, 0.25) is 0 Å². The molecule has 0 aliphatic carbocycles. The van der Waals surface area contributed by atoms with Crippen molar-refractivity contribution in [3.8, 4) is 5.69 Å². The fourth-order valence-corrected chi connectivity index (χ4v) is 1.40. The van der Waals surface area contributed by atoms with E-state index in [1.54, 1.807) is 16.7 Å². The van der Waals surface area contributed by atoms with Crippen LogP contribution in [0, 0.1) is 4.77 Å². The summed E-state index contributed by atoms with van der Waals surface area (Å²) in [6.45, 7) is 0. The number of H-pyrrole nitrogens is 1. The van der Waals surface area contributed by atoms with E-state index in [2.05, 4.69) is 10.2 Å². The fraction of sp³-hybridized carbons (Fsp3) is 0. The van der Waals surface area contributed by atoms with Crippen LogP contribution in [0.5, 0.6) is 0 Å². The van der Waals surface area contributed by atoms with Crippen LogP contribution < -0.4 is 34.7 Å². The average molecular weight is 243 g/mol. The van der Waals surface area contributed by atoms with Crippen LogP contribution in [0.1, 0.15) is 10.4 Å². The molecule has 1 N–H and O–H groups in total. The summed E-state index contributed by atoms with van der Waals surface area (Å²) in [6.07, 6.45) is 1.52. The first-order valence-corrected chi connectivity index (χ1v) is 4.53. The van der Waals surface area contributed by atoms with E-state index < -0.39 is 5.97 Å². The van der Waals surface area contributed by atoms with E-state index >= 15 is 0 Å². The summed E-state index contributed by atoms with van der Waals surface area (Å²) in [7, 11) is 0. The molecule has 1 heterocycles. The van der Waals surface area contributed by atoms with Gasteiger partial charge < -0.3 is 9.90 Å². The number of hydrogen-bond acceptors (Lipinski definition) is 4. The van der Waals surface area contributed by atoms with Gasteiger partial charge in [0.25, 0.3) is 0 Å². The van der Waals surface area contributed by atoms with Crippen molar-refractivity contribution in [3.63, 3.8) is 0 Å². The van der Waals surface area contributed by atoms with E-state index in [1.165, 1.54) is 18.5 Å². The predicted molar refractivity (Wildman–Crippen MR) is 53.1 cm³/mol. The standard InChI is InChI=1S/C9H7N3O2S.Na/c13-8(14)6-1-3-7(4-2-6)12-5-10-11-9(12)15;/h1-5H,(H,11,15)(H,13,14);/q;+1/p-1. The molecule has 0 radical (unpaired) electrons. The number of carboxylic acids is 1. The molecule has 7 heteroatoms. The van der Waals surface area contributed by atoms with E-state index in [1.807, 2.05) is 0 Å². The van der Waals surface area contributed by atoms with Crippen molar-refractivity contribution < 1.29 is 39.5 Å². The van der Waals surface area contributed by atoms with Gasteiger partial charge in [-0.25, -0.2) is 0 Å². The van der Waals surface area contributed by atoms with Crippen molar-refractivity contribution >= 4 is 18.2 Å².